The molecule has 20 heavy (non-hydrogen) atoms. The van der Waals surface area contributed by atoms with Gasteiger partial charge in [0.25, 0.3) is 5.91 Å². The number of rotatable bonds is 4. The maximum absolute atomic E-state index is 11.9. The topological polar surface area (TPSA) is 38.3 Å². The Morgan fingerprint density at radius 1 is 1.30 bits per heavy atom. The highest BCUT2D eigenvalue weighted by molar-refractivity contribution is 6.37. The molecule has 0 aromatic heterocycles. The van der Waals surface area contributed by atoms with Gasteiger partial charge in [0, 0.05) is 6.04 Å². The van der Waals surface area contributed by atoms with Crippen LogP contribution in [0.3, 0.4) is 0 Å². The quantitative estimate of drug-likeness (QED) is 0.909. The summed E-state index contributed by atoms with van der Waals surface area (Å²) in [5.41, 5.74) is 0. The number of benzene rings is 1. The molecule has 0 aliphatic heterocycles. The van der Waals surface area contributed by atoms with Gasteiger partial charge in [-0.1, -0.05) is 49.0 Å². The molecule has 1 fully saturated rings. The van der Waals surface area contributed by atoms with E-state index in [9.17, 15) is 4.79 Å². The van der Waals surface area contributed by atoms with Gasteiger partial charge in [-0.3, -0.25) is 4.79 Å². The predicted molar refractivity (Wildman–Crippen MR) is 81.5 cm³/mol. The standard InChI is InChI=1S/C15H19Cl2NO2/c1-10-5-2-3-8-13(10)18-14(19)9-20-15-11(16)6-4-7-12(15)17/h4,6-7,10,13H,2-3,5,8-9H2,1H3,(H,18,19)/t10-,13-/m0/s1. The van der Waals surface area contributed by atoms with Crippen LogP contribution in [0.1, 0.15) is 32.6 Å². The highest BCUT2D eigenvalue weighted by Gasteiger charge is 2.23. The first-order chi connectivity index (χ1) is 9.58. The van der Waals surface area contributed by atoms with Gasteiger partial charge in [0.15, 0.2) is 12.4 Å². The van der Waals surface area contributed by atoms with Crippen molar-refractivity contribution < 1.29 is 9.53 Å². The molecule has 3 nitrogen and oxygen atoms in total. The average Bonchev–Trinajstić information content (AvgIpc) is 2.41. The minimum absolute atomic E-state index is 0.0628. The Balaban J connectivity index is 1.86. The van der Waals surface area contributed by atoms with E-state index in [2.05, 4.69) is 12.2 Å². The minimum Gasteiger partial charge on any atom is -0.481 e. The summed E-state index contributed by atoms with van der Waals surface area (Å²) in [4.78, 5) is 11.9. The molecule has 0 unspecified atom stereocenters. The molecule has 5 heteroatoms. The van der Waals surface area contributed by atoms with Gasteiger partial charge < -0.3 is 10.1 Å². The molecule has 0 bridgehead atoms. The van der Waals surface area contributed by atoms with Crippen molar-refractivity contribution in [3.8, 4) is 5.75 Å². The first-order valence-electron chi connectivity index (χ1n) is 6.94. The molecule has 110 valence electrons. The Morgan fingerprint density at radius 3 is 2.60 bits per heavy atom. The van der Waals surface area contributed by atoms with Gasteiger partial charge in [-0.15, -0.1) is 0 Å². The Morgan fingerprint density at radius 2 is 1.95 bits per heavy atom. The largest absolute Gasteiger partial charge is 0.481 e. The number of carbonyl (C=O) groups excluding carboxylic acids is 1. The second-order valence-electron chi connectivity index (χ2n) is 5.28. The molecule has 1 aliphatic rings. The van der Waals surface area contributed by atoms with Crippen molar-refractivity contribution in [2.45, 2.75) is 38.6 Å². The SMILES string of the molecule is C[C@H]1CCCC[C@@H]1NC(=O)COc1c(Cl)cccc1Cl. The monoisotopic (exact) mass is 315 g/mol. The van der Waals surface area contributed by atoms with Crippen LogP contribution in [0.4, 0.5) is 0 Å². The van der Waals surface area contributed by atoms with E-state index in [-0.39, 0.29) is 18.6 Å². The molecule has 1 aliphatic carbocycles. The van der Waals surface area contributed by atoms with Gasteiger partial charge >= 0.3 is 0 Å². The number of hydrogen-bond donors (Lipinski definition) is 1. The van der Waals surface area contributed by atoms with E-state index in [0.717, 1.165) is 6.42 Å². The maximum Gasteiger partial charge on any atom is 0.258 e. The first kappa shape index (κ1) is 15.5. The Kier molecular flexibility index (Phi) is 5.55. The molecule has 2 atom stereocenters. The lowest BCUT2D eigenvalue weighted by Gasteiger charge is -2.29. The van der Waals surface area contributed by atoms with Crippen LogP contribution in [0.2, 0.25) is 10.0 Å². The van der Waals surface area contributed by atoms with Crippen molar-refractivity contribution in [3.05, 3.63) is 28.2 Å². The summed E-state index contributed by atoms with van der Waals surface area (Å²) < 4.78 is 5.43. The maximum atomic E-state index is 11.9. The molecule has 2 rings (SSSR count). The van der Waals surface area contributed by atoms with E-state index in [1.54, 1.807) is 18.2 Å². The number of halogens is 2. The zero-order valence-electron chi connectivity index (χ0n) is 11.5. The fourth-order valence-corrected chi connectivity index (χ4v) is 3.04. The number of nitrogens with one attached hydrogen (secondary N) is 1. The van der Waals surface area contributed by atoms with Gasteiger partial charge in [0.05, 0.1) is 10.0 Å². The second-order valence-corrected chi connectivity index (χ2v) is 6.09. The zero-order valence-corrected chi connectivity index (χ0v) is 13.0. The van der Waals surface area contributed by atoms with E-state index in [1.807, 2.05) is 0 Å². The summed E-state index contributed by atoms with van der Waals surface area (Å²) in [5.74, 6) is 0.763. The lowest BCUT2D eigenvalue weighted by molar-refractivity contribution is -0.124. The van der Waals surface area contributed by atoms with E-state index < -0.39 is 0 Å². The number of ether oxygens (including phenoxy) is 1. The van der Waals surface area contributed by atoms with Gasteiger partial charge in [-0.05, 0) is 30.9 Å². The third-order valence-corrected chi connectivity index (χ3v) is 4.32. The molecule has 0 saturated heterocycles. The summed E-state index contributed by atoms with van der Waals surface area (Å²) in [6.45, 7) is 2.11. The summed E-state index contributed by atoms with van der Waals surface area (Å²) in [6, 6.07) is 5.36. The van der Waals surface area contributed by atoms with Crippen LogP contribution in [0.25, 0.3) is 0 Å². The van der Waals surface area contributed by atoms with Crippen molar-refractivity contribution in [2.24, 2.45) is 5.92 Å². The summed E-state index contributed by atoms with van der Waals surface area (Å²) >= 11 is 12.0. The van der Waals surface area contributed by atoms with E-state index in [0.29, 0.717) is 21.7 Å². The molecule has 1 N–H and O–H groups in total. The lowest BCUT2D eigenvalue weighted by Crippen LogP contribution is -2.43. The molecular weight excluding hydrogens is 297 g/mol. The minimum atomic E-state index is -0.125. The number of para-hydroxylation sites is 1. The van der Waals surface area contributed by atoms with Gasteiger partial charge in [0.1, 0.15) is 0 Å². The van der Waals surface area contributed by atoms with Crippen molar-refractivity contribution in [1.29, 1.82) is 0 Å². The van der Waals surface area contributed by atoms with Crippen LogP contribution >= 0.6 is 23.2 Å². The molecule has 0 radical (unpaired) electrons. The Bertz CT molecular complexity index is 459. The van der Waals surface area contributed by atoms with Crippen LogP contribution in [0.5, 0.6) is 5.75 Å². The summed E-state index contributed by atoms with van der Waals surface area (Å²) in [6.07, 6.45) is 4.63. The zero-order chi connectivity index (χ0) is 14.5. The van der Waals surface area contributed by atoms with Crippen molar-refractivity contribution in [3.63, 3.8) is 0 Å². The fraction of sp³-hybridized carbons (Fsp3) is 0.533. The first-order valence-corrected chi connectivity index (χ1v) is 7.69. The number of carbonyl (C=O) groups is 1. The molecule has 0 spiro atoms. The second kappa shape index (κ2) is 7.19. The third-order valence-electron chi connectivity index (χ3n) is 3.72. The van der Waals surface area contributed by atoms with Crippen LogP contribution in [0.15, 0.2) is 18.2 Å². The average molecular weight is 316 g/mol. The number of amides is 1. The van der Waals surface area contributed by atoms with Gasteiger partial charge in [-0.25, -0.2) is 0 Å². The molecule has 0 heterocycles. The van der Waals surface area contributed by atoms with E-state index >= 15 is 0 Å². The van der Waals surface area contributed by atoms with Crippen LogP contribution in [0, 0.1) is 5.92 Å². The van der Waals surface area contributed by atoms with Gasteiger partial charge in [0.2, 0.25) is 0 Å². The number of hydrogen-bond acceptors (Lipinski definition) is 2. The third kappa shape index (κ3) is 4.03. The normalized spacial score (nSPS) is 22.4. The summed E-state index contributed by atoms with van der Waals surface area (Å²) in [7, 11) is 0. The van der Waals surface area contributed by atoms with Crippen molar-refractivity contribution in [2.75, 3.05) is 6.61 Å². The molecule has 1 amide bonds. The Labute approximate surface area is 129 Å². The van der Waals surface area contributed by atoms with Crippen LogP contribution < -0.4 is 10.1 Å². The fourth-order valence-electron chi connectivity index (χ4n) is 2.54. The molecular formula is C15H19Cl2NO2. The van der Waals surface area contributed by atoms with Crippen molar-refractivity contribution >= 4 is 29.1 Å². The molecule has 1 saturated carbocycles. The smallest absolute Gasteiger partial charge is 0.258 e. The molecule has 1 aromatic carbocycles. The van der Waals surface area contributed by atoms with E-state index in [1.165, 1.54) is 19.3 Å². The Hall–Kier alpha value is -0.930. The molecule has 1 aromatic rings. The van der Waals surface area contributed by atoms with Gasteiger partial charge in [-0.2, -0.15) is 0 Å². The highest BCUT2D eigenvalue weighted by atomic mass is 35.5. The lowest BCUT2D eigenvalue weighted by atomic mass is 9.86. The predicted octanol–water partition coefficient (Wildman–Crippen LogP) is 4.07. The van der Waals surface area contributed by atoms with Crippen LogP contribution in [-0.4, -0.2) is 18.6 Å². The van der Waals surface area contributed by atoms with Crippen molar-refractivity contribution in [1.82, 2.24) is 5.32 Å². The summed E-state index contributed by atoms with van der Waals surface area (Å²) in [5, 5.41) is 3.85. The van der Waals surface area contributed by atoms with Crippen LogP contribution in [-0.2, 0) is 4.79 Å². The highest BCUT2D eigenvalue weighted by Crippen LogP contribution is 2.32. The van der Waals surface area contributed by atoms with E-state index in [4.69, 9.17) is 27.9 Å².